The third-order valence-electron chi connectivity index (χ3n) is 2.81. The molecule has 1 atom stereocenters. The van der Waals surface area contributed by atoms with Crippen molar-refractivity contribution in [1.29, 1.82) is 0 Å². The summed E-state index contributed by atoms with van der Waals surface area (Å²) in [6.07, 6.45) is 3.44. The van der Waals surface area contributed by atoms with Gasteiger partial charge in [0.25, 0.3) is 0 Å². The zero-order chi connectivity index (χ0) is 13.4. The Labute approximate surface area is 114 Å². The summed E-state index contributed by atoms with van der Waals surface area (Å²) in [6, 6.07) is 4.29. The molecular formula is C14H24N2OS. The highest BCUT2D eigenvalue weighted by Gasteiger charge is 2.12. The Morgan fingerprint density at radius 1 is 1.50 bits per heavy atom. The molecule has 0 aliphatic rings. The van der Waals surface area contributed by atoms with Crippen molar-refractivity contribution in [3.63, 3.8) is 0 Å². The topological polar surface area (TPSA) is 55.1 Å². The van der Waals surface area contributed by atoms with Crippen molar-refractivity contribution in [3.8, 4) is 0 Å². The van der Waals surface area contributed by atoms with E-state index in [1.54, 1.807) is 11.3 Å². The monoisotopic (exact) mass is 268 g/mol. The number of nitrogens with one attached hydrogen (secondary N) is 1. The molecule has 4 heteroatoms. The van der Waals surface area contributed by atoms with Gasteiger partial charge in [0.1, 0.15) is 0 Å². The first kappa shape index (κ1) is 15.2. The molecule has 1 heterocycles. The van der Waals surface area contributed by atoms with Gasteiger partial charge < -0.3 is 11.1 Å². The van der Waals surface area contributed by atoms with Gasteiger partial charge in [-0.05, 0) is 36.6 Å². The Hall–Kier alpha value is -0.870. The number of carbonyl (C=O) groups is 1. The SMILES string of the molecule is CC(C)CC(CN)NC(=O)CCCc1cccs1. The zero-order valence-electron chi connectivity index (χ0n) is 11.3. The number of aryl methyl sites for hydroxylation is 1. The summed E-state index contributed by atoms with van der Waals surface area (Å²) in [5, 5.41) is 5.09. The number of nitrogens with two attached hydrogens (primary N) is 1. The maximum atomic E-state index is 11.8. The molecule has 0 spiro atoms. The number of rotatable bonds is 8. The van der Waals surface area contributed by atoms with Crippen LogP contribution in [0.5, 0.6) is 0 Å². The van der Waals surface area contributed by atoms with Crippen LogP contribution in [0.2, 0.25) is 0 Å². The van der Waals surface area contributed by atoms with E-state index < -0.39 is 0 Å². The first-order chi connectivity index (χ1) is 8.61. The van der Waals surface area contributed by atoms with Crippen LogP contribution in [0.15, 0.2) is 17.5 Å². The molecule has 0 saturated heterocycles. The second-order valence-electron chi connectivity index (χ2n) is 5.06. The van der Waals surface area contributed by atoms with Gasteiger partial charge in [0, 0.05) is 23.9 Å². The van der Waals surface area contributed by atoms with Crippen LogP contribution in [0, 0.1) is 5.92 Å². The lowest BCUT2D eigenvalue weighted by molar-refractivity contribution is -0.121. The van der Waals surface area contributed by atoms with Gasteiger partial charge in [0.2, 0.25) is 5.91 Å². The molecule has 1 unspecified atom stereocenters. The molecule has 3 N–H and O–H groups in total. The minimum atomic E-state index is 0.124. The lowest BCUT2D eigenvalue weighted by Gasteiger charge is -2.18. The fourth-order valence-corrected chi connectivity index (χ4v) is 2.71. The fourth-order valence-electron chi connectivity index (χ4n) is 1.96. The third kappa shape index (κ3) is 6.17. The Bertz CT molecular complexity index is 336. The Balaban J connectivity index is 2.19. The number of carbonyl (C=O) groups excluding carboxylic acids is 1. The highest BCUT2D eigenvalue weighted by Crippen LogP contribution is 2.12. The van der Waals surface area contributed by atoms with Gasteiger partial charge in [-0.25, -0.2) is 0 Å². The standard InChI is InChI=1S/C14H24N2OS/c1-11(2)9-12(10-15)16-14(17)7-3-5-13-6-4-8-18-13/h4,6,8,11-12H,3,5,7,9-10,15H2,1-2H3,(H,16,17). The summed E-state index contributed by atoms with van der Waals surface area (Å²) in [4.78, 5) is 13.1. The molecule has 1 rings (SSSR count). The van der Waals surface area contributed by atoms with Crippen LogP contribution in [0.25, 0.3) is 0 Å². The van der Waals surface area contributed by atoms with Crippen LogP contribution in [-0.4, -0.2) is 18.5 Å². The molecule has 0 aromatic carbocycles. The number of thiophene rings is 1. The van der Waals surface area contributed by atoms with Crippen LogP contribution in [0.3, 0.4) is 0 Å². The molecular weight excluding hydrogens is 244 g/mol. The van der Waals surface area contributed by atoms with Gasteiger partial charge >= 0.3 is 0 Å². The van der Waals surface area contributed by atoms with Gasteiger partial charge in [0.05, 0.1) is 0 Å². The molecule has 18 heavy (non-hydrogen) atoms. The molecule has 0 aliphatic carbocycles. The molecule has 102 valence electrons. The highest BCUT2D eigenvalue weighted by molar-refractivity contribution is 7.09. The number of amides is 1. The summed E-state index contributed by atoms with van der Waals surface area (Å²) < 4.78 is 0. The smallest absolute Gasteiger partial charge is 0.220 e. The second kappa shape index (κ2) is 8.27. The normalized spacial score (nSPS) is 12.7. The quantitative estimate of drug-likeness (QED) is 0.761. The largest absolute Gasteiger partial charge is 0.352 e. The van der Waals surface area contributed by atoms with E-state index in [9.17, 15) is 4.79 Å². The number of hydrogen-bond donors (Lipinski definition) is 2. The van der Waals surface area contributed by atoms with Gasteiger partial charge in [-0.15, -0.1) is 11.3 Å². The first-order valence-electron chi connectivity index (χ1n) is 6.63. The molecule has 0 radical (unpaired) electrons. The summed E-state index contributed by atoms with van der Waals surface area (Å²) in [6.45, 7) is 4.81. The van der Waals surface area contributed by atoms with Crippen molar-refractivity contribution in [1.82, 2.24) is 5.32 Å². The molecule has 0 fully saturated rings. The van der Waals surface area contributed by atoms with E-state index in [1.807, 2.05) is 6.07 Å². The summed E-state index contributed by atoms with van der Waals surface area (Å²) in [7, 11) is 0. The van der Waals surface area contributed by atoms with Crippen LogP contribution in [0.4, 0.5) is 0 Å². The molecule has 1 amide bonds. The summed E-state index contributed by atoms with van der Waals surface area (Å²) in [5.74, 6) is 0.688. The molecule has 3 nitrogen and oxygen atoms in total. The van der Waals surface area contributed by atoms with Crippen molar-refractivity contribution >= 4 is 17.2 Å². The first-order valence-corrected chi connectivity index (χ1v) is 7.51. The maximum absolute atomic E-state index is 11.8. The number of hydrogen-bond acceptors (Lipinski definition) is 3. The maximum Gasteiger partial charge on any atom is 0.220 e. The fraction of sp³-hybridized carbons (Fsp3) is 0.643. The van der Waals surface area contributed by atoms with Crippen LogP contribution < -0.4 is 11.1 Å². The van der Waals surface area contributed by atoms with Gasteiger partial charge in [0.15, 0.2) is 0 Å². The van der Waals surface area contributed by atoms with E-state index in [0.717, 1.165) is 19.3 Å². The predicted octanol–water partition coefficient (Wildman–Crippen LogP) is 2.56. The van der Waals surface area contributed by atoms with E-state index in [1.165, 1.54) is 4.88 Å². The minimum absolute atomic E-state index is 0.124. The van der Waals surface area contributed by atoms with E-state index in [-0.39, 0.29) is 11.9 Å². The van der Waals surface area contributed by atoms with Crippen LogP contribution in [-0.2, 0) is 11.2 Å². The van der Waals surface area contributed by atoms with Crippen LogP contribution in [0.1, 0.15) is 38.0 Å². The Morgan fingerprint density at radius 3 is 2.83 bits per heavy atom. The summed E-state index contributed by atoms with van der Waals surface area (Å²) in [5.41, 5.74) is 5.66. The minimum Gasteiger partial charge on any atom is -0.352 e. The highest BCUT2D eigenvalue weighted by atomic mass is 32.1. The predicted molar refractivity (Wildman–Crippen MR) is 77.7 cm³/mol. The lowest BCUT2D eigenvalue weighted by atomic mass is 10.0. The van der Waals surface area contributed by atoms with Crippen molar-refractivity contribution < 1.29 is 4.79 Å². The third-order valence-corrected chi connectivity index (χ3v) is 3.75. The molecule has 0 aliphatic heterocycles. The average molecular weight is 268 g/mol. The van der Waals surface area contributed by atoms with Crippen molar-refractivity contribution in [2.75, 3.05) is 6.54 Å². The van der Waals surface area contributed by atoms with Gasteiger partial charge in [-0.3, -0.25) is 4.79 Å². The van der Waals surface area contributed by atoms with Crippen molar-refractivity contribution in [2.24, 2.45) is 11.7 Å². The van der Waals surface area contributed by atoms with E-state index in [0.29, 0.717) is 18.9 Å². The molecule has 1 aromatic heterocycles. The zero-order valence-corrected chi connectivity index (χ0v) is 12.1. The van der Waals surface area contributed by atoms with Gasteiger partial charge in [-0.1, -0.05) is 19.9 Å². The Kier molecular flexibility index (Phi) is 6.98. The molecule has 0 saturated carbocycles. The van der Waals surface area contributed by atoms with Crippen LogP contribution >= 0.6 is 11.3 Å². The van der Waals surface area contributed by atoms with E-state index in [4.69, 9.17) is 5.73 Å². The van der Waals surface area contributed by atoms with Crippen molar-refractivity contribution in [2.45, 2.75) is 45.6 Å². The van der Waals surface area contributed by atoms with E-state index in [2.05, 4.69) is 30.6 Å². The van der Waals surface area contributed by atoms with Gasteiger partial charge in [-0.2, -0.15) is 0 Å². The van der Waals surface area contributed by atoms with E-state index >= 15 is 0 Å². The van der Waals surface area contributed by atoms with Crippen molar-refractivity contribution in [3.05, 3.63) is 22.4 Å². The molecule has 0 bridgehead atoms. The Morgan fingerprint density at radius 2 is 2.28 bits per heavy atom. The lowest BCUT2D eigenvalue weighted by Crippen LogP contribution is -2.40. The second-order valence-corrected chi connectivity index (χ2v) is 6.09. The molecule has 1 aromatic rings. The summed E-state index contributed by atoms with van der Waals surface area (Å²) >= 11 is 1.75. The average Bonchev–Trinajstić information content (AvgIpc) is 2.80.